The molecule has 2 N–H and O–H groups in total. The molecule has 34 heavy (non-hydrogen) atoms. The zero-order valence-corrected chi connectivity index (χ0v) is 19.6. The monoisotopic (exact) mass is 471 g/mol. The number of methoxy groups -OCH3 is 2. The van der Waals surface area contributed by atoms with Gasteiger partial charge in [-0.1, -0.05) is 0 Å². The molecule has 10 nitrogen and oxygen atoms in total. The molecule has 2 aromatic carbocycles. The third-order valence-electron chi connectivity index (χ3n) is 5.83. The summed E-state index contributed by atoms with van der Waals surface area (Å²) in [5.41, 5.74) is 2.02. The molecule has 2 saturated heterocycles. The molecule has 2 aliphatic heterocycles. The summed E-state index contributed by atoms with van der Waals surface area (Å²) in [7, 11) is 6.93. The standard InChI is InChI=1S/C24H29N3O7/c1-27(2)16-7-5-14(6-8-16)23(28)26-19-12-32-22-20(13-33-21(19)22)34-24(29)25-15-9-17(30-3)11-18(10-15)31-4/h5-11,19-22H,12-13H2,1-4H3,(H,25,29)(H,26,28)/t19-,20-,21-,22+/m1/s1. The van der Waals surface area contributed by atoms with Crippen LogP contribution in [0.1, 0.15) is 10.4 Å². The van der Waals surface area contributed by atoms with E-state index >= 15 is 0 Å². The molecule has 4 rings (SSSR count). The maximum atomic E-state index is 12.7. The van der Waals surface area contributed by atoms with Crippen LogP contribution >= 0.6 is 0 Å². The minimum absolute atomic E-state index is 0.175. The van der Waals surface area contributed by atoms with Crippen LogP contribution in [0.15, 0.2) is 42.5 Å². The van der Waals surface area contributed by atoms with E-state index in [4.69, 9.17) is 23.7 Å². The fraction of sp³-hybridized carbons (Fsp3) is 0.417. The van der Waals surface area contributed by atoms with E-state index in [2.05, 4.69) is 10.6 Å². The first-order valence-corrected chi connectivity index (χ1v) is 10.9. The summed E-state index contributed by atoms with van der Waals surface area (Å²) < 4.78 is 27.6. The molecule has 4 atom stereocenters. The predicted octanol–water partition coefficient (Wildman–Crippen LogP) is 2.28. The van der Waals surface area contributed by atoms with Crippen LogP contribution in [0.4, 0.5) is 16.2 Å². The summed E-state index contributed by atoms with van der Waals surface area (Å²) in [5, 5.41) is 5.64. The summed E-state index contributed by atoms with van der Waals surface area (Å²) in [4.78, 5) is 27.1. The van der Waals surface area contributed by atoms with Crippen LogP contribution < -0.4 is 25.0 Å². The average Bonchev–Trinajstić information content (AvgIpc) is 3.41. The molecule has 0 bridgehead atoms. The van der Waals surface area contributed by atoms with Crippen molar-refractivity contribution in [2.75, 3.05) is 51.7 Å². The van der Waals surface area contributed by atoms with E-state index in [1.807, 2.05) is 31.1 Å². The van der Waals surface area contributed by atoms with Gasteiger partial charge in [0.15, 0.2) is 6.10 Å². The second-order valence-electron chi connectivity index (χ2n) is 8.29. The Labute approximate surface area is 198 Å². The number of hydrogen-bond acceptors (Lipinski definition) is 8. The molecule has 0 aromatic heterocycles. The molecule has 0 aliphatic carbocycles. The Hall–Kier alpha value is -3.50. The topological polar surface area (TPSA) is 108 Å². The third-order valence-corrected chi connectivity index (χ3v) is 5.83. The zero-order valence-electron chi connectivity index (χ0n) is 19.6. The van der Waals surface area contributed by atoms with Gasteiger partial charge in [-0.15, -0.1) is 0 Å². The molecule has 2 fully saturated rings. The Morgan fingerprint density at radius 2 is 1.59 bits per heavy atom. The highest BCUT2D eigenvalue weighted by Crippen LogP contribution is 2.30. The lowest BCUT2D eigenvalue weighted by Crippen LogP contribution is -2.44. The minimum atomic E-state index is -0.651. The molecule has 0 radical (unpaired) electrons. The summed E-state index contributed by atoms with van der Waals surface area (Å²) in [5.74, 6) is 0.859. The first-order valence-electron chi connectivity index (χ1n) is 10.9. The second-order valence-corrected chi connectivity index (χ2v) is 8.29. The molecule has 0 saturated carbocycles. The summed E-state index contributed by atoms with van der Waals surface area (Å²) >= 11 is 0. The lowest BCUT2D eigenvalue weighted by molar-refractivity contribution is 0.00861. The first-order chi connectivity index (χ1) is 16.4. The quantitative estimate of drug-likeness (QED) is 0.634. The van der Waals surface area contributed by atoms with E-state index in [0.29, 0.717) is 22.7 Å². The van der Waals surface area contributed by atoms with Crippen molar-refractivity contribution in [3.05, 3.63) is 48.0 Å². The molecule has 2 aliphatic rings. The molecule has 182 valence electrons. The van der Waals surface area contributed by atoms with Gasteiger partial charge in [0.25, 0.3) is 5.91 Å². The van der Waals surface area contributed by atoms with Gasteiger partial charge in [0.1, 0.15) is 23.7 Å². The minimum Gasteiger partial charge on any atom is -0.497 e. The summed E-state index contributed by atoms with van der Waals surface area (Å²) in [6.07, 6.45) is -2.12. The number of hydrogen-bond donors (Lipinski definition) is 2. The van der Waals surface area contributed by atoms with Crippen LogP contribution in [0.25, 0.3) is 0 Å². The largest absolute Gasteiger partial charge is 0.497 e. The average molecular weight is 472 g/mol. The third kappa shape index (κ3) is 5.18. The number of carbonyl (C=O) groups is 2. The van der Waals surface area contributed by atoms with Gasteiger partial charge in [0.05, 0.1) is 39.2 Å². The van der Waals surface area contributed by atoms with Gasteiger partial charge in [-0.3, -0.25) is 10.1 Å². The fourth-order valence-electron chi connectivity index (χ4n) is 4.02. The smallest absolute Gasteiger partial charge is 0.412 e. The molecular weight excluding hydrogens is 442 g/mol. The van der Waals surface area contributed by atoms with Gasteiger partial charge in [0, 0.05) is 43.5 Å². The van der Waals surface area contributed by atoms with Crippen LogP contribution in [0, 0.1) is 0 Å². The van der Waals surface area contributed by atoms with Crippen molar-refractivity contribution in [3.63, 3.8) is 0 Å². The molecule has 0 unspecified atom stereocenters. The number of carbonyl (C=O) groups excluding carboxylic acids is 2. The molecule has 10 heteroatoms. The fourth-order valence-corrected chi connectivity index (χ4v) is 4.02. The Bertz CT molecular complexity index is 1010. The van der Waals surface area contributed by atoms with E-state index in [9.17, 15) is 9.59 Å². The van der Waals surface area contributed by atoms with E-state index in [1.54, 1.807) is 30.3 Å². The molecule has 2 aromatic rings. The van der Waals surface area contributed by atoms with Crippen molar-refractivity contribution >= 4 is 23.4 Å². The molecule has 0 spiro atoms. The summed E-state index contributed by atoms with van der Waals surface area (Å²) in [6.45, 7) is 0.444. The highest BCUT2D eigenvalue weighted by atomic mass is 16.6. The van der Waals surface area contributed by atoms with Crippen LogP contribution in [-0.2, 0) is 14.2 Å². The van der Waals surface area contributed by atoms with Crippen molar-refractivity contribution in [1.29, 1.82) is 0 Å². The maximum absolute atomic E-state index is 12.7. The van der Waals surface area contributed by atoms with Crippen molar-refractivity contribution in [1.82, 2.24) is 5.32 Å². The van der Waals surface area contributed by atoms with Gasteiger partial charge in [-0.25, -0.2) is 4.79 Å². The number of benzene rings is 2. The highest BCUT2D eigenvalue weighted by Gasteiger charge is 2.50. The Morgan fingerprint density at radius 3 is 2.21 bits per heavy atom. The van der Waals surface area contributed by atoms with E-state index < -0.39 is 24.4 Å². The van der Waals surface area contributed by atoms with E-state index in [0.717, 1.165) is 5.69 Å². The maximum Gasteiger partial charge on any atom is 0.412 e. The number of nitrogens with one attached hydrogen (secondary N) is 2. The number of rotatable bonds is 7. The van der Waals surface area contributed by atoms with Crippen molar-refractivity contribution in [2.24, 2.45) is 0 Å². The lowest BCUT2D eigenvalue weighted by Gasteiger charge is -2.18. The number of nitrogens with zero attached hydrogens (tertiary/aromatic N) is 1. The normalized spacial score (nSPS) is 23.1. The summed E-state index contributed by atoms with van der Waals surface area (Å²) in [6, 6.07) is 12.0. The van der Waals surface area contributed by atoms with Crippen LogP contribution in [0.2, 0.25) is 0 Å². The van der Waals surface area contributed by atoms with Crippen molar-refractivity contribution in [2.45, 2.75) is 24.4 Å². The Balaban J connectivity index is 1.32. The Kier molecular flexibility index (Phi) is 7.09. The predicted molar refractivity (Wildman–Crippen MR) is 125 cm³/mol. The zero-order chi connectivity index (χ0) is 24.2. The molecule has 2 amide bonds. The lowest BCUT2D eigenvalue weighted by atomic mass is 10.1. The Morgan fingerprint density at radius 1 is 0.941 bits per heavy atom. The first kappa shape index (κ1) is 23.7. The van der Waals surface area contributed by atoms with Gasteiger partial charge >= 0.3 is 6.09 Å². The highest BCUT2D eigenvalue weighted by molar-refractivity contribution is 5.94. The van der Waals surface area contributed by atoms with E-state index in [-0.39, 0.29) is 25.2 Å². The number of fused-ring (bicyclic) bond motifs is 1. The second kappa shape index (κ2) is 10.2. The molecular formula is C24H29N3O7. The molecule has 2 heterocycles. The van der Waals surface area contributed by atoms with Crippen LogP contribution in [0.5, 0.6) is 11.5 Å². The number of ether oxygens (including phenoxy) is 5. The van der Waals surface area contributed by atoms with Gasteiger partial charge in [0.2, 0.25) is 0 Å². The SMILES string of the molecule is COc1cc(NC(=O)O[C@@H]2CO[C@H]3[C@H]2OC[C@H]3NC(=O)c2ccc(N(C)C)cc2)cc(OC)c1. The van der Waals surface area contributed by atoms with E-state index in [1.165, 1.54) is 14.2 Å². The van der Waals surface area contributed by atoms with Crippen LogP contribution in [-0.4, -0.2) is 77.9 Å². The van der Waals surface area contributed by atoms with Gasteiger partial charge in [-0.2, -0.15) is 0 Å². The number of amides is 2. The van der Waals surface area contributed by atoms with Gasteiger partial charge < -0.3 is 33.9 Å². The van der Waals surface area contributed by atoms with Crippen LogP contribution in [0.3, 0.4) is 0 Å². The van der Waals surface area contributed by atoms with Gasteiger partial charge in [-0.05, 0) is 24.3 Å². The van der Waals surface area contributed by atoms with Crippen molar-refractivity contribution in [3.8, 4) is 11.5 Å². The van der Waals surface area contributed by atoms with Crippen molar-refractivity contribution < 1.29 is 33.3 Å². The number of anilines is 2.